The Kier molecular flexibility index (Phi) is 3.48. The smallest absolute Gasteiger partial charge is 0.108 e. The molecule has 0 saturated carbocycles. The standard InChI is InChI=1S/C10H18N2O/c1-8(2)9(13)4-5-10-11-6-7-12(10)3/h6-9,13H,4-5H2,1-3H3. The average molecular weight is 182 g/mol. The van der Waals surface area contributed by atoms with Crippen LogP contribution in [0.2, 0.25) is 0 Å². The van der Waals surface area contributed by atoms with E-state index in [1.807, 2.05) is 31.7 Å². The van der Waals surface area contributed by atoms with Gasteiger partial charge >= 0.3 is 0 Å². The maximum absolute atomic E-state index is 9.58. The highest BCUT2D eigenvalue weighted by atomic mass is 16.3. The van der Waals surface area contributed by atoms with Crippen LogP contribution in [0.15, 0.2) is 12.4 Å². The molecule has 1 N–H and O–H groups in total. The lowest BCUT2D eigenvalue weighted by Crippen LogP contribution is -2.16. The Balaban J connectivity index is 2.39. The Bertz CT molecular complexity index is 255. The fourth-order valence-corrected chi connectivity index (χ4v) is 1.25. The number of aliphatic hydroxyl groups excluding tert-OH is 1. The summed E-state index contributed by atoms with van der Waals surface area (Å²) in [7, 11) is 1.98. The molecular formula is C10H18N2O. The minimum absolute atomic E-state index is 0.211. The fraction of sp³-hybridized carbons (Fsp3) is 0.700. The van der Waals surface area contributed by atoms with Crippen molar-refractivity contribution in [3.63, 3.8) is 0 Å². The van der Waals surface area contributed by atoms with Crippen molar-refractivity contribution in [3.8, 4) is 0 Å². The Morgan fingerprint density at radius 1 is 1.54 bits per heavy atom. The predicted octanol–water partition coefficient (Wildman–Crippen LogP) is 1.37. The molecule has 1 unspecified atom stereocenters. The van der Waals surface area contributed by atoms with Gasteiger partial charge in [-0.15, -0.1) is 0 Å². The molecule has 0 aliphatic rings. The van der Waals surface area contributed by atoms with E-state index in [1.165, 1.54) is 0 Å². The van der Waals surface area contributed by atoms with E-state index in [9.17, 15) is 5.11 Å². The molecule has 0 aliphatic carbocycles. The molecule has 1 aromatic rings. The zero-order valence-electron chi connectivity index (χ0n) is 8.57. The van der Waals surface area contributed by atoms with Gasteiger partial charge in [-0.05, 0) is 12.3 Å². The van der Waals surface area contributed by atoms with E-state index in [1.54, 1.807) is 6.20 Å². The van der Waals surface area contributed by atoms with Crippen molar-refractivity contribution in [3.05, 3.63) is 18.2 Å². The average Bonchev–Trinajstić information content (AvgIpc) is 2.47. The molecule has 1 atom stereocenters. The van der Waals surface area contributed by atoms with Gasteiger partial charge in [0.1, 0.15) is 5.82 Å². The molecule has 0 spiro atoms. The van der Waals surface area contributed by atoms with Gasteiger partial charge in [0, 0.05) is 25.9 Å². The third-order valence-corrected chi connectivity index (χ3v) is 2.35. The summed E-state index contributed by atoms with van der Waals surface area (Å²) in [6.45, 7) is 4.06. The maximum atomic E-state index is 9.58. The van der Waals surface area contributed by atoms with E-state index in [0.29, 0.717) is 5.92 Å². The second kappa shape index (κ2) is 4.42. The van der Waals surface area contributed by atoms with Gasteiger partial charge in [0.05, 0.1) is 6.10 Å². The largest absolute Gasteiger partial charge is 0.393 e. The van der Waals surface area contributed by atoms with Gasteiger partial charge in [-0.3, -0.25) is 0 Å². The van der Waals surface area contributed by atoms with Crippen LogP contribution in [0.4, 0.5) is 0 Å². The summed E-state index contributed by atoms with van der Waals surface area (Å²) >= 11 is 0. The van der Waals surface area contributed by atoms with E-state index < -0.39 is 0 Å². The molecule has 0 saturated heterocycles. The summed E-state index contributed by atoms with van der Waals surface area (Å²) in [4.78, 5) is 4.20. The van der Waals surface area contributed by atoms with Crippen molar-refractivity contribution in [1.29, 1.82) is 0 Å². The Labute approximate surface area is 79.4 Å². The van der Waals surface area contributed by atoms with Crippen molar-refractivity contribution >= 4 is 0 Å². The first-order valence-corrected chi connectivity index (χ1v) is 4.75. The van der Waals surface area contributed by atoms with Gasteiger partial charge in [0.15, 0.2) is 0 Å². The van der Waals surface area contributed by atoms with Crippen LogP contribution in [-0.4, -0.2) is 20.8 Å². The van der Waals surface area contributed by atoms with Gasteiger partial charge < -0.3 is 9.67 Å². The lowest BCUT2D eigenvalue weighted by molar-refractivity contribution is 0.116. The molecule has 1 aromatic heterocycles. The number of nitrogens with zero attached hydrogens (tertiary/aromatic N) is 2. The lowest BCUT2D eigenvalue weighted by atomic mass is 10.0. The van der Waals surface area contributed by atoms with Gasteiger partial charge in [0.2, 0.25) is 0 Å². The quantitative estimate of drug-likeness (QED) is 0.763. The summed E-state index contributed by atoms with van der Waals surface area (Å²) < 4.78 is 1.99. The van der Waals surface area contributed by atoms with Crippen LogP contribution >= 0.6 is 0 Å². The van der Waals surface area contributed by atoms with Crippen LogP contribution in [-0.2, 0) is 13.5 Å². The van der Waals surface area contributed by atoms with Crippen LogP contribution in [0.1, 0.15) is 26.1 Å². The Morgan fingerprint density at radius 3 is 2.69 bits per heavy atom. The van der Waals surface area contributed by atoms with E-state index in [4.69, 9.17) is 0 Å². The summed E-state index contributed by atoms with van der Waals surface area (Å²) in [5, 5.41) is 9.58. The summed E-state index contributed by atoms with van der Waals surface area (Å²) in [6, 6.07) is 0. The minimum Gasteiger partial charge on any atom is -0.393 e. The highest BCUT2D eigenvalue weighted by Gasteiger charge is 2.10. The Morgan fingerprint density at radius 2 is 2.23 bits per heavy atom. The first-order chi connectivity index (χ1) is 6.11. The summed E-state index contributed by atoms with van der Waals surface area (Å²) in [5.74, 6) is 1.37. The van der Waals surface area contributed by atoms with Crippen LogP contribution in [0.3, 0.4) is 0 Å². The van der Waals surface area contributed by atoms with Crippen molar-refractivity contribution < 1.29 is 5.11 Å². The fourth-order valence-electron chi connectivity index (χ4n) is 1.25. The zero-order chi connectivity index (χ0) is 9.84. The van der Waals surface area contributed by atoms with Crippen molar-refractivity contribution in [2.45, 2.75) is 32.8 Å². The van der Waals surface area contributed by atoms with E-state index >= 15 is 0 Å². The number of rotatable bonds is 4. The van der Waals surface area contributed by atoms with Crippen LogP contribution < -0.4 is 0 Å². The van der Waals surface area contributed by atoms with Crippen LogP contribution in [0.5, 0.6) is 0 Å². The van der Waals surface area contributed by atoms with Crippen molar-refractivity contribution in [2.75, 3.05) is 0 Å². The number of hydrogen-bond donors (Lipinski definition) is 1. The minimum atomic E-state index is -0.211. The number of aryl methyl sites for hydroxylation is 2. The maximum Gasteiger partial charge on any atom is 0.108 e. The van der Waals surface area contributed by atoms with E-state index in [0.717, 1.165) is 18.7 Å². The summed E-state index contributed by atoms with van der Waals surface area (Å²) in [6.07, 6.45) is 5.15. The van der Waals surface area contributed by atoms with Crippen molar-refractivity contribution in [1.82, 2.24) is 9.55 Å². The molecule has 3 heteroatoms. The molecule has 74 valence electrons. The first kappa shape index (κ1) is 10.3. The molecule has 1 rings (SSSR count). The molecule has 0 radical (unpaired) electrons. The Hall–Kier alpha value is -0.830. The summed E-state index contributed by atoms with van der Waals surface area (Å²) in [5.41, 5.74) is 0. The third kappa shape index (κ3) is 2.84. The van der Waals surface area contributed by atoms with E-state index in [2.05, 4.69) is 4.98 Å². The lowest BCUT2D eigenvalue weighted by Gasteiger charge is -2.13. The van der Waals surface area contributed by atoms with Gasteiger partial charge in [-0.1, -0.05) is 13.8 Å². The highest BCUT2D eigenvalue weighted by molar-refractivity contribution is 4.91. The molecule has 0 aromatic carbocycles. The predicted molar refractivity (Wildman–Crippen MR) is 52.4 cm³/mol. The number of imidazole rings is 1. The highest BCUT2D eigenvalue weighted by Crippen LogP contribution is 2.09. The van der Waals surface area contributed by atoms with E-state index in [-0.39, 0.29) is 6.10 Å². The second-order valence-electron chi connectivity index (χ2n) is 3.80. The normalized spacial score (nSPS) is 13.6. The monoisotopic (exact) mass is 182 g/mol. The second-order valence-corrected chi connectivity index (χ2v) is 3.80. The van der Waals surface area contributed by atoms with Gasteiger partial charge in [0.25, 0.3) is 0 Å². The third-order valence-electron chi connectivity index (χ3n) is 2.35. The molecule has 0 aliphatic heterocycles. The number of aromatic nitrogens is 2. The molecule has 0 amide bonds. The van der Waals surface area contributed by atoms with Crippen molar-refractivity contribution in [2.24, 2.45) is 13.0 Å². The zero-order valence-corrected chi connectivity index (χ0v) is 8.57. The van der Waals surface area contributed by atoms with Crippen LogP contribution in [0.25, 0.3) is 0 Å². The van der Waals surface area contributed by atoms with Crippen LogP contribution in [0, 0.1) is 5.92 Å². The molecule has 1 heterocycles. The number of aliphatic hydroxyl groups is 1. The van der Waals surface area contributed by atoms with Gasteiger partial charge in [-0.25, -0.2) is 4.98 Å². The molecule has 0 fully saturated rings. The molecular weight excluding hydrogens is 164 g/mol. The molecule has 3 nitrogen and oxygen atoms in total. The SMILES string of the molecule is CC(C)C(O)CCc1nccn1C. The number of hydrogen-bond acceptors (Lipinski definition) is 2. The first-order valence-electron chi connectivity index (χ1n) is 4.75. The molecule has 13 heavy (non-hydrogen) atoms. The molecule has 0 bridgehead atoms. The van der Waals surface area contributed by atoms with Gasteiger partial charge in [-0.2, -0.15) is 0 Å². The topological polar surface area (TPSA) is 38.1 Å².